The molecule has 0 fully saturated rings. The van der Waals surface area contributed by atoms with Crippen LogP contribution in [-0.2, 0) is 9.53 Å². The zero-order chi connectivity index (χ0) is 15.7. The third-order valence-electron chi connectivity index (χ3n) is 3.88. The molecule has 0 bridgehead atoms. The number of carbonyl (C=O) groups is 1. The van der Waals surface area contributed by atoms with Crippen LogP contribution in [0.3, 0.4) is 0 Å². The molecular formula is C18H15ClO3. The molecule has 0 spiro atoms. The van der Waals surface area contributed by atoms with Crippen LogP contribution < -0.4 is 0 Å². The van der Waals surface area contributed by atoms with Gasteiger partial charge in [-0.15, -0.1) is 0 Å². The van der Waals surface area contributed by atoms with Crippen molar-refractivity contribution in [3.8, 4) is 0 Å². The minimum absolute atomic E-state index is 0.302. The molecule has 2 aromatic carbocycles. The number of hydrogen-bond donors (Lipinski definition) is 1. The number of aliphatic carboxylic acids is 1. The molecular weight excluding hydrogens is 300 g/mol. The summed E-state index contributed by atoms with van der Waals surface area (Å²) in [4.78, 5) is 11.7. The summed E-state index contributed by atoms with van der Waals surface area (Å²) in [5.74, 6) is -0.839. The van der Waals surface area contributed by atoms with Gasteiger partial charge < -0.3 is 9.84 Å². The average Bonchev–Trinajstić information content (AvgIpc) is 2.86. The van der Waals surface area contributed by atoms with Crippen molar-refractivity contribution >= 4 is 17.6 Å². The Labute approximate surface area is 133 Å². The Morgan fingerprint density at radius 2 is 1.68 bits per heavy atom. The van der Waals surface area contributed by atoms with Gasteiger partial charge in [0.15, 0.2) is 0 Å². The summed E-state index contributed by atoms with van der Waals surface area (Å²) in [7, 11) is 0. The molecule has 0 aliphatic carbocycles. The van der Waals surface area contributed by atoms with Crippen LogP contribution in [0.5, 0.6) is 0 Å². The predicted octanol–water partition coefficient (Wildman–Crippen LogP) is 4.55. The average molecular weight is 315 g/mol. The Morgan fingerprint density at radius 1 is 1.05 bits per heavy atom. The normalized spacial score (nSPS) is 20.8. The maximum absolute atomic E-state index is 11.7. The second-order valence-corrected chi connectivity index (χ2v) is 5.69. The van der Waals surface area contributed by atoms with E-state index in [0.29, 0.717) is 16.4 Å². The molecule has 22 heavy (non-hydrogen) atoms. The summed E-state index contributed by atoms with van der Waals surface area (Å²) in [5.41, 5.74) is 2.14. The lowest BCUT2D eigenvalue weighted by Crippen LogP contribution is -2.14. The third kappa shape index (κ3) is 2.60. The molecule has 0 saturated carbocycles. The van der Waals surface area contributed by atoms with Crippen LogP contribution in [0.15, 0.2) is 65.9 Å². The largest absolute Gasteiger partial charge is 0.489 e. The van der Waals surface area contributed by atoms with Crippen LogP contribution in [0, 0.1) is 0 Å². The topological polar surface area (TPSA) is 46.5 Å². The maximum atomic E-state index is 11.7. The minimum Gasteiger partial charge on any atom is -0.489 e. The lowest BCUT2D eigenvalue weighted by molar-refractivity contribution is -0.133. The second kappa shape index (κ2) is 5.85. The summed E-state index contributed by atoms with van der Waals surface area (Å²) >= 11 is 5.94. The van der Waals surface area contributed by atoms with E-state index in [2.05, 4.69) is 0 Å². The van der Waals surface area contributed by atoms with Crippen LogP contribution in [0.4, 0.5) is 0 Å². The van der Waals surface area contributed by atoms with Crippen LogP contribution >= 0.6 is 11.6 Å². The van der Waals surface area contributed by atoms with Gasteiger partial charge in [-0.3, -0.25) is 0 Å². The molecule has 2 unspecified atom stereocenters. The van der Waals surface area contributed by atoms with Crippen LogP contribution in [0.1, 0.15) is 30.1 Å². The number of rotatable bonds is 3. The lowest BCUT2D eigenvalue weighted by Gasteiger charge is -2.21. The smallest absolute Gasteiger partial charge is 0.335 e. The van der Waals surface area contributed by atoms with Gasteiger partial charge in [-0.2, -0.15) is 0 Å². The first-order valence-corrected chi connectivity index (χ1v) is 7.37. The number of ether oxygens (including phenoxy) is 1. The molecule has 3 nitrogen and oxygen atoms in total. The van der Waals surface area contributed by atoms with Gasteiger partial charge in [0.25, 0.3) is 0 Å². The van der Waals surface area contributed by atoms with Gasteiger partial charge in [0.2, 0.25) is 0 Å². The summed E-state index contributed by atoms with van der Waals surface area (Å²) < 4.78 is 5.88. The molecule has 112 valence electrons. The lowest BCUT2D eigenvalue weighted by atomic mass is 9.84. The molecule has 2 aromatic rings. The van der Waals surface area contributed by atoms with E-state index in [9.17, 15) is 9.90 Å². The van der Waals surface area contributed by atoms with Crippen molar-refractivity contribution in [1.29, 1.82) is 0 Å². The zero-order valence-corrected chi connectivity index (χ0v) is 12.7. The fourth-order valence-electron chi connectivity index (χ4n) is 2.89. The molecule has 4 heteroatoms. The van der Waals surface area contributed by atoms with Crippen molar-refractivity contribution < 1.29 is 14.6 Å². The zero-order valence-electron chi connectivity index (χ0n) is 12.0. The highest BCUT2D eigenvalue weighted by Gasteiger charge is 2.40. The number of carboxylic acids is 1. The van der Waals surface area contributed by atoms with E-state index < -0.39 is 5.97 Å². The highest BCUT2D eigenvalue weighted by Crippen LogP contribution is 2.47. The molecule has 0 amide bonds. The van der Waals surface area contributed by atoms with Crippen LogP contribution in [0.2, 0.25) is 5.02 Å². The van der Waals surface area contributed by atoms with Crippen molar-refractivity contribution in [2.24, 2.45) is 0 Å². The van der Waals surface area contributed by atoms with Gasteiger partial charge in [0.1, 0.15) is 11.9 Å². The first-order valence-electron chi connectivity index (χ1n) is 6.99. The Morgan fingerprint density at radius 3 is 2.27 bits per heavy atom. The SMILES string of the molecule is CC1=C(C(=O)O)C(c2ccc(Cl)cc2)C(c2ccccc2)O1. The van der Waals surface area contributed by atoms with Crippen molar-refractivity contribution in [2.45, 2.75) is 18.9 Å². The van der Waals surface area contributed by atoms with Gasteiger partial charge in [-0.25, -0.2) is 4.79 Å². The number of allylic oxidation sites excluding steroid dienone is 1. The summed E-state index contributed by atoms with van der Waals surface area (Å²) in [6.07, 6.45) is -0.339. The number of halogens is 1. The second-order valence-electron chi connectivity index (χ2n) is 5.25. The van der Waals surface area contributed by atoms with Crippen molar-refractivity contribution in [3.63, 3.8) is 0 Å². The Balaban J connectivity index is 2.09. The molecule has 1 aliphatic heterocycles. The number of carboxylic acid groups (broad SMARTS) is 1. The molecule has 0 radical (unpaired) electrons. The van der Waals surface area contributed by atoms with Crippen molar-refractivity contribution in [2.75, 3.05) is 0 Å². The predicted molar refractivity (Wildman–Crippen MR) is 84.8 cm³/mol. The number of benzene rings is 2. The molecule has 3 rings (SSSR count). The fourth-order valence-corrected chi connectivity index (χ4v) is 3.02. The van der Waals surface area contributed by atoms with Gasteiger partial charge in [0, 0.05) is 5.02 Å². The monoisotopic (exact) mass is 314 g/mol. The van der Waals surface area contributed by atoms with E-state index in [4.69, 9.17) is 16.3 Å². The van der Waals surface area contributed by atoms with Crippen molar-refractivity contribution in [3.05, 3.63) is 82.1 Å². The van der Waals surface area contributed by atoms with Gasteiger partial charge in [-0.1, -0.05) is 54.1 Å². The Kier molecular flexibility index (Phi) is 3.90. The highest BCUT2D eigenvalue weighted by atomic mass is 35.5. The molecule has 2 atom stereocenters. The van der Waals surface area contributed by atoms with Gasteiger partial charge >= 0.3 is 5.97 Å². The highest BCUT2D eigenvalue weighted by molar-refractivity contribution is 6.30. The Hall–Kier alpha value is -2.26. The Bertz CT molecular complexity index is 720. The molecule has 1 heterocycles. The van der Waals surface area contributed by atoms with Crippen LogP contribution in [-0.4, -0.2) is 11.1 Å². The minimum atomic E-state index is -0.948. The number of hydrogen-bond acceptors (Lipinski definition) is 2. The van der Waals surface area contributed by atoms with E-state index in [1.165, 1.54) is 0 Å². The molecule has 0 aromatic heterocycles. The van der Waals surface area contributed by atoms with E-state index in [0.717, 1.165) is 11.1 Å². The first-order chi connectivity index (χ1) is 10.6. The van der Waals surface area contributed by atoms with E-state index in [1.54, 1.807) is 19.1 Å². The summed E-state index contributed by atoms with van der Waals surface area (Å²) in [6, 6.07) is 16.9. The fraction of sp³-hybridized carbons (Fsp3) is 0.167. The molecule has 0 saturated heterocycles. The maximum Gasteiger partial charge on any atom is 0.335 e. The summed E-state index contributed by atoms with van der Waals surface area (Å²) in [6.45, 7) is 1.70. The third-order valence-corrected chi connectivity index (χ3v) is 4.14. The van der Waals surface area contributed by atoms with E-state index >= 15 is 0 Å². The summed E-state index contributed by atoms with van der Waals surface area (Å²) in [5, 5.41) is 10.2. The first kappa shape index (κ1) is 14.7. The molecule has 1 aliphatic rings. The van der Waals surface area contributed by atoms with Crippen molar-refractivity contribution in [1.82, 2.24) is 0 Å². The van der Waals surface area contributed by atoms with E-state index in [1.807, 2.05) is 42.5 Å². The van der Waals surface area contributed by atoms with Gasteiger partial charge in [-0.05, 0) is 30.2 Å². The molecule has 1 N–H and O–H groups in total. The van der Waals surface area contributed by atoms with Gasteiger partial charge in [0.05, 0.1) is 11.5 Å². The quantitative estimate of drug-likeness (QED) is 0.903. The van der Waals surface area contributed by atoms with E-state index in [-0.39, 0.29) is 12.0 Å². The van der Waals surface area contributed by atoms with Crippen LogP contribution in [0.25, 0.3) is 0 Å². The standard InChI is InChI=1S/C18H15ClO3/c1-11-15(18(20)21)16(12-7-9-14(19)10-8-12)17(22-11)13-5-3-2-4-6-13/h2-10,16-17H,1H3,(H,20,21).